The van der Waals surface area contributed by atoms with Crippen LogP contribution in [0.15, 0.2) is 0 Å². The van der Waals surface area contributed by atoms with Gasteiger partial charge in [0.25, 0.3) is 0 Å². The quantitative estimate of drug-likeness (QED) is 0.615. The first-order chi connectivity index (χ1) is 5.83. The van der Waals surface area contributed by atoms with Gasteiger partial charge in [0.15, 0.2) is 0 Å². The van der Waals surface area contributed by atoms with E-state index in [0.717, 1.165) is 6.61 Å². The van der Waals surface area contributed by atoms with Gasteiger partial charge in [0.1, 0.15) is 0 Å². The minimum Gasteiger partial charge on any atom is -0.385 e. The number of nitrogens with one attached hydrogen (secondary N) is 1. The summed E-state index contributed by atoms with van der Waals surface area (Å²) in [5.41, 5.74) is 0.632. The first-order valence-corrected chi connectivity index (χ1v) is 4.96. The highest BCUT2D eigenvalue weighted by atomic mass is 16.5. The molecule has 0 bridgehead atoms. The van der Waals surface area contributed by atoms with Gasteiger partial charge in [-0.2, -0.15) is 0 Å². The van der Waals surface area contributed by atoms with Crippen LogP contribution in [-0.4, -0.2) is 27.3 Å². The van der Waals surface area contributed by atoms with Gasteiger partial charge < -0.3 is 10.1 Å². The summed E-state index contributed by atoms with van der Waals surface area (Å²) in [7, 11) is 3.84. The molecule has 0 amide bonds. The minimum absolute atomic E-state index is 0.632. The van der Waals surface area contributed by atoms with Crippen LogP contribution >= 0.6 is 0 Å². The summed E-state index contributed by atoms with van der Waals surface area (Å²) >= 11 is 0. The molecule has 1 aliphatic rings. The summed E-state index contributed by atoms with van der Waals surface area (Å²) in [6.07, 6.45) is 6.81. The van der Waals surface area contributed by atoms with Gasteiger partial charge in [-0.05, 0) is 38.1 Å². The molecule has 0 aromatic carbocycles. The van der Waals surface area contributed by atoms with Crippen molar-refractivity contribution < 1.29 is 4.74 Å². The van der Waals surface area contributed by atoms with Crippen molar-refractivity contribution >= 4 is 0 Å². The largest absolute Gasteiger partial charge is 0.385 e. The van der Waals surface area contributed by atoms with E-state index in [1.165, 1.54) is 38.6 Å². The van der Waals surface area contributed by atoms with Crippen molar-refractivity contribution in [2.45, 2.75) is 32.1 Å². The lowest BCUT2D eigenvalue weighted by molar-refractivity contribution is 0.0971. The first kappa shape index (κ1) is 10.0. The van der Waals surface area contributed by atoms with Gasteiger partial charge in [-0.1, -0.05) is 6.42 Å². The average Bonchev–Trinajstić information content (AvgIpc) is 2.00. The predicted octanol–water partition coefficient (Wildman–Crippen LogP) is 1.80. The third-order valence-corrected chi connectivity index (χ3v) is 3.02. The third-order valence-electron chi connectivity index (χ3n) is 3.02. The topological polar surface area (TPSA) is 21.3 Å². The molecule has 12 heavy (non-hydrogen) atoms. The molecule has 2 heteroatoms. The van der Waals surface area contributed by atoms with Crippen LogP contribution < -0.4 is 5.32 Å². The van der Waals surface area contributed by atoms with E-state index in [1.54, 1.807) is 7.11 Å². The van der Waals surface area contributed by atoms with E-state index in [0.29, 0.717) is 5.41 Å². The molecule has 0 spiro atoms. The second-order valence-corrected chi connectivity index (χ2v) is 3.98. The molecule has 1 fully saturated rings. The number of methoxy groups -OCH3 is 1. The van der Waals surface area contributed by atoms with E-state index in [2.05, 4.69) is 12.4 Å². The number of rotatable bonds is 6. The summed E-state index contributed by atoms with van der Waals surface area (Å²) in [6.45, 7) is 2.11. The van der Waals surface area contributed by atoms with Gasteiger partial charge in [-0.3, -0.25) is 0 Å². The Bertz CT molecular complexity index is 121. The Kier molecular flexibility index (Phi) is 4.02. The molecular formula is C10H21NO. The lowest BCUT2D eigenvalue weighted by Gasteiger charge is -2.42. The standard InChI is InChI=1S/C10H21NO/c1-11-9-10(5-3-6-10)7-4-8-12-2/h11H,3-9H2,1-2H3. The normalized spacial score (nSPS) is 20.5. The molecule has 1 saturated carbocycles. The van der Waals surface area contributed by atoms with Crippen molar-refractivity contribution in [2.75, 3.05) is 27.3 Å². The van der Waals surface area contributed by atoms with Crippen LogP contribution in [0.5, 0.6) is 0 Å². The number of ether oxygens (including phenoxy) is 1. The Morgan fingerprint density at radius 1 is 1.42 bits per heavy atom. The van der Waals surface area contributed by atoms with Crippen molar-refractivity contribution in [3.8, 4) is 0 Å². The molecule has 0 aromatic rings. The van der Waals surface area contributed by atoms with Crippen molar-refractivity contribution in [3.63, 3.8) is 0 Å². The molecule has 0 aliphatic heterocycles. The molecule has 0 saturated heterocycles. The SMILES string of the molecule is CNCC1(CCCOC)CCC1. The van der Waals surface area contributed by atoms with E-state index in [9.17, 15) is 0 Å². The van der Waals surface area contributed by atoms with Crippen LogP contribution in [0.2, 0.25) is 0 Å². The van der Waals surface area contributed by atoms with Gasteiger partial charge in [-0.15, -0.1) is 0 Å². The third kappa shape index (κ3) is 2.46. The van der Waals surface area contributed by atoms with Crippen LogP contribution in [0.1, 0.15) is 32.1 Å². The molecular weight excluding hydrogens is 150 g/mol. The Morgan fingerprint density at radius 2 is 2.17 bits per heavy atom. The van der Waals surface area contributed by atoms with Crippen molar-refractivity contribution in [3.05, 3.63) is 0 Å². The van der Waals surface area contributed by atoms with Gasteiger partial charge in [0.2, 0.25) is 0 Å². The van der Waals surface area contributed by atoms with Crippen molar-refractivity contribution in [1.82, 2.24) is 5.32 Å². The second-order valence-electron chi connectivity index (χ2n) is 3.98. The highest BCUT2D eigenvalue weighted by molar-refractivity contribution is 4.88. The van der Waals surface area contributed by atoms with Crippen LogP contribution in [0.4, 0.5) is 0 Å². The Hall–Kier alpha value is -0.0800. The molecule has 0 heterocycles. The van der Waals surface area contributed by atoms with Gasteiger partial charge in [-0.25, -0.2) is 0 Å². The molecule has 0 radical (unpaired) electrons. The van der Waals surface area contributed by atoms with Crippen molar-refractivity contribution in [1.29, 1.82) is 0 Å². The van der Waals surface area contributed by atoms with Gasteiger partial charge in [0.05, 0.1) is 0 Å². The van der Waals surface area contributed by atoms with Crippen LogP contribution in [0, 0.1) is 5.41 Å². The monoisotopic (exact) mass is 171 g/mol. The molecule has 1 aliphatic carbocycles. The molecule has 1 rings (SSSR count). The maximum Gasteiger partial charge on any atom is 0.0462 e. The Labute approximate surface area is 75.7 Å². The van der Waals surface area contributed by atoms with E-state index < -0.39 is 0 Å². The fourth-order valence-corrected chi connectivity index (χ4v) is 2.16. The Balaban J connectivity index is 2.15. The molecule has 0 aromatic heterocycles. The zero-order valence-corrected chi connectivity index (χ0v) is 8.36. The Morgan fingerprint density at radius 3 is 2.58 bits per heavy atom. The highest BCUT2D eigenvalue weighted by Gasteiger charge is 2.35. The summed E-state index contributed by atoms with van der Waals surface area (Å²) < 4.78 is 5.06. The van der Waals surface area contributed by atoms with E-state index in [4.69, 9.17) is 4.74 Å². The molecule has 0 unspecified atom stereocenters. The average molecular weight is 171 g/mol. The van der Waals surface area contributed by atoms with Crippen LogP contribution in [0.25, 0.3) is 0 Å². The second kappa shape index (κ2) is 4.83. The van der Waals surface area contributed by atoms with E-state index >= 15 is 0 Å². The summed E-state index contributed by atoms with van der Waals surface area (Å²) in [5.74, 6) is 0. The minimum atomic E-state index is 0.632. The summed E-state index contributed by atoms with van der Waals surface area (Å²) in [5, 5.41) is 3.30. The fraction of sp³-hybridized carbons (Fsp3) is 1.00. The lowest BCUT2D eigenvalue weighted by Crippen LogP contribution is -2.38. The fourth-order valence-electron chi connectivity index (χ4n) is 2.16. The smallest absolute Gasteiger partial charge is 0.0462 e. The maximum atomic E-state index is 5.06. The molecule has 2 nitrogen and oxygen atoms in total. The molecule has 72 valence electrons. The zero-order chi connectivity index (χ0) is 8.86. The molecule has 1 N–H and O–H groups in total. The van der Waals surface area contributed by atoms with Crippen LogP contribution in [0.3, 0.4) is 0 Å². The summed E-state index contributed by atoms with van der Waals surface area (Å²) in [6, 6.07) is 0. The summed E-state index contributed by atoms with van der Waals surface area (Å²) in [4.78, 5) is 0. The zero-order valence-electron chi connectivity index (χ0n) is 8.36. The highest BCUT2D eigenvalue weighted by Crippen LogP contribution is 2.44. The first-order valence-electron chi connectivity index (χ1n) is 4.96. The van der Waals surface area contributed by atoms with Gasteiger partial charge >= 0.3 is 0 Å². The number of hydrogen-bond donors (Lipinski definition) is 1. The molecule has 0 atom stereocenters. The number of hydrogen-bond acceptors (Lipinski definition) is 2. The lowest BCUT2D eigenvalue weighted by atomic mass is 9.66. The predicted molar refractivity (Wildman–Crippen MR) is 51.3 cm³/mol. The maximum absolute atomic E-state index is 5.06. The van der Waals surface area contributed by atoms with Gasteiger partial charge in [0, 0.05) is 20.3 Å². The van der Waals surface area contributed by atoms with Crippen LogP contribution in [-0.2, 0) is 4.74 Å². The van der Waals surface area contributed by atoms with E-state index in [1.807, 2.05) is 0 Å². The van der Waals surface area contributed by atoms with Crippen molar-refractivity contribution in [2.24, 2.45) is 5.41 Å². The van der Waals surface area contributed by atoms with E-state index in [-0.39, 0.29) is 0 Å².